The van der Waals surface area contributed by atoms with Crippen LogP contribution in [0.3, 0.4) is 0 Å². The molecule has 0 aliphatic carbocycles. The van der Waals surface area contributed by atoms with E-state index in [4.69, 9.17) is 5.11 Å². The second kappa shape index (κ2) is 6.50. The number of nitrogens with zero attached hydrogens (tertiary/aromatic N) is 1. The van der Waals surface area contributed by atoms with Gasteiger partial charge in [0, 0.05) is 17.4 Å². The predicted octanol–water partition coefficient (Wildman–Crippen LogP) is 0.674. The molecule has 0 bridgehead atoms. The predicted molar refractivity (Wildman–Crippen MR) is 78.0 cm³/mol. The van der Waals surface area contributed by atoms with Crippen LogP contribution in [0.5, 0.6) is 0 Å². The number of aromatic amines is 1. The number of carbonyl (C=O) groups is 1. The summed E-state index contributed by atoms with van der Waals surface area (Å²) in [6.07, 6.45) is 2.31. The lowest BCUT2D eigenvalue weighted by Gasteiger charge is -2.08. The molecule has 3 N–H and O–H groups in total. The van der Waals surface area contributed by atoms with E-state index in [9.17, 15) is 9.59 Å². The van der Waals surface area contributed by atoms with Crippen molar-refractivity contribution in [3.05, 3.63) is 57.8 Å². The highest BCUT2D eigenvalue weighted by Crippen LogP contribution is 2.16. The van der Waals surface area contributed by atoms with Gasteiger partial charge < -0.3 is 15.4 Å². The highest BCUT2D eigenvalue weighted by atomic mass is 16.2. The molecule has 0 saturated carbocycles. The van der Waals surface area contributed by atoms with Gasteiger partial charge in [-0.25, -0.2) is 4.98 Å². The topological polar surface area (TPSA) is 95.1 Å². The zero-order valence-corrected chi connectivity index (χ0v) is 11.3. The van der Waals surface area contributed by atoms with E-state index in [-0.39, 0.29) is 17.9 Å². The monoisotopic (exact) mass is 283 g/mol. The third-order valence-electron chi connectivity index (χ3n) is 2.69. The third-order valence-corrected chi connectivity index (χ3v) is 2.69. The number of carbonyl (C=O) groups excluding carboxylic acids is 1. The van der Waals surface area contributed by atoms with Crippen LogP contribution in [-0.2, 0) is 0 Å². The highest BCUT2D eigenvalue weighted by molar-refractivity contribution is 6.03. The lowest BCUT2D eigenvalue weighted by molar-refractivity contribution is 0.102. The molecule has 21 heavy (non-hydrogen) atoms. The lowest BCUT2D eigenvalue weighted by Crippen LogP contribution is -2.17. The standard InChI is InChI=1S/C15H13N3O3/c1-10-7-11(3-2-6-19)4-5-12(10)18-15(21)13-8-17-14(20)9-16-13/h4-5,7-9,19H,6H2,1H3,(H,17,20)(H,18,21). The van der Waals surface area contributed by atoms with Gasteiger partial charge in [-0.1, -0.05) is 11.8 Å². The molecule has 1 heterocycles. The van der Waals surface area contributed by atoms with Crippen LogP contribution in [0.25, 0.3) is 0 Å². The van der Waals surface area contributed by atoms with Crippen molar-refractivity contribution in [3.8, 4) is 11.8 Å². The Kier molecular flexibility index (Phi) is 4.49. The van der Waals surface area contributed by atoms with E-state index in [0.717, 1.165) is 17.3 Å². The molecule has 2 rings (SSSR count). The minimum atomic E-state index is -0.413. The molecule has 6 nitrogen and oxygen atoms in total. The summed E-state index contributed by atoms with van der Waals surface area (Å²) in [5.74, 6) is 4.93. The maximum absolute atomic E-state index is 12.0. The Morgan fingerprint density at radius 2 is 2.29 bits per heavy atom. The zero-order chi connectivity index (χ0) is 15.2. The Balaban J connectivity index is 2.17. The summed E-state index contributed by atoms with van der Waals surface area (Å²) in [4.78, 5) is 29.0. The zero-order valence-electron chi connectivity index (χ0n) is 11.3. The minimum Gasteiger partial charge on any atom is -0.384 e. The summed E-state index contributed by atoms with van der Waals surface area (Å²) >= 11 is 0. The van der Waals surface area contributed by atoms with Gasteiger partial charge in [0.2, 0.25) is 0 Å². The van der Waals surface area contributed by atoms with E-state index in [1.807, 2.05) is 6.92 Å². The number of amides is 1. The van der Waals surface area contributed by atoms with Crippen molar-refractivity contribution in [2.75, 3.05) is 11.9 Å². The molecular weight excluding hydrogens is 270 g/mol. The molecule has 6 heteroatoms. The Morgan fingerprint density at radius 1 is 1.48 bits per heavy atom. The van der Waals surface area contributed by atoms with Gasteiger partial charge in [0.05, 0.1) is 6.20 Å². The molecule has 106 valence electrons. The Hall–Kier alpha value is -2.91. The number of aromatic nitrogens is 2. The van der Waals surface area contributed by atoms with Crippen molar-refractivity contribution in [3.63, 3.8) is 0 Å². The first-order valence-electron chi connectivity index (χ1n) is 6.16. The van der Waals surface area contributed by atoms with Crippen molar-refractivity contribution in [1.29, 1.82) is 0 Å². The van der Waals surface area contributed by atoms with Crippen molar-refractivity contribution in [2.24, 2.45) is 0 Å². The van der Waals surface area contributed by atoms with E-state index < -0.39 is 5.91 Å². The Labute approximate surface area is 120 Å². The van der Waals surface area contributed by atoms with Crippen molar-refractivity contribution in [2.45, 2.75) is 6.92 Å². The fourth-order valence-electron chi connectivity index (χ4n) is 1.68. The second-order valence-corrected chi connectivity index (χ2v) is 4.24. The van der Waals surface area contributed by atoms with Crippen LogP contribution < -0.4 is 10.9 Å². The number of aliphatic hydroxyl groups is 1. The smallest absolute Gasteiger partial charge is 0.275 e. The number of benzene rings is 1. The molecule has 0 fully saturated rings. The van der Waals surface area contributed by atoms with E-state index >= 15 is 0 Å². The SMILES string of the molecule is Cc1cc(C#CCO)ccc1NC(=O)c1c[nH]c(=O)cn1. The maximum Gasteiger partial charge on any atom is 0.275 e. The van der Waals surface area contributed by atoms with E-state index in [1.54, 1.807) is 18.2 Å². The molecule has 0 aliphatic rings. The molecule has 0 aliphatic heterocycles. The third kappa shape index (κ3) is 3.78. The van der Waals surface area contributed by atoms with Crippen molar-refractivity contribution >= 4 is 11.6 Å². The molecular formula is C15H13N3O3. The van der Waals surface area contributed by atoms with Crippen molar-refractivity contribution in [1.82, 2.24) is 9.97 Å². The number of nitrogens with one attached hydrogen (secondary N) is 2. The second-order valence-electron chi connectivity index (χ2n) is 4.24. The molecule has 0 atom stereocenters. The molecule has 1 aromatic carbocycles. The average molecular weight is 283 g/mol. The van der Waals surface area contributed by atoms with Crippen LogP contribution >= 0.6 is 0 Å². The number of H-pyrrole nitrogens is 1. The summed E-state index contributed by atoms with van der Waals surface area (Å²) in [6, 6.07) is 5.27. The van der Waals surface area contributed by atoms with E-state index in [2.05, 4.69) is 27.1 Å². The summed E-state index contributed by atoms with van der Waals surface area (Å²) in [7, 11) is 0. The quantitative estimate of drug-likeness (QED) is 0.706. The Morgan fingerprint density at radius 3 is 2.90 bits per heavy atom. The van der Waals surface area contributed by atoms with Gasteiger partial charge in [-0.2, -0.15) is 0 Å². The summed E-state index contributed by atoms with van der Waals surface area (Å²) in [5, 5.41) is 11.4. The molecule has 0 unspecified atom stereocenters. The fourth-order valence-corrected chi connectivity index (χ4v) is 1.68. The van der Waals surface area contributed by atoms with Crippen LogP contribution in [0.15, 0.2) is 35.4 Å². The van der Waals surface area contributed by atoms with Gasteiger partial charge in [-0.3, -0.25) is 9.59 Å². The van der Waals surface area contributed by atoms with Crippen LogP contribution in [0.4, 0.5) is 5.69 Å². The molecule has 2 aromatic rings. The van der Waals surface area contributed by atoms with Gasteiger partial charge >= 0.3 is 0 Å². The Bertz CT molecular complexity index is 764. The fraction of sp³-hybridized carbons (Fsp3) is 0.133. The van der Waals surface area contributed by atoms with Gasteiger partial charge in [0.25, 0.3) is 11.5 Å². The molecule has 0 saturated heterocycles. The number of anilines is 1. The van der Waals surface area contributed by atoms with Crippen molar-refractivity contribution < 1.29 is 9.90 Å². The van der Waals surface area contributed by atoms with Gasteiger partial charge in [-0.15, -0.1) is 0 Å². The van der Waals surface area contributed by atoms with Gasteiger partial charge in [0.15, 0.2) is 0 Å². The summed E-state index contributed by atoms with van der Waals surface area (Å²) < 4.78 is 0. The minimum absolute atomic E-state index is 0.123. The number of hydrogen-bond donors (Lipinski definition) is 3. The summed E-state index contributed by atoms with van der Waals surface area (Å²) in [6.45, 7) is 1.63. The first-order valence-corrected chi connectivity index (χ1v) is 6.16. The van der Waals surface area contributed by atoms with Crippen LogP contribution in [0.1, 0.15) is 21.6 Å². The molecule has 0 spiro atoms. The number of rotatable bonds is 2. The average Bonchev–Trinajstić information content (AvgIpc) is 2.48. The normalized spacial score (nSPS) is 9.62. The lowest BCUT2D eigenvalue weighted by atomic mass is 10.1. The van der Waals surface area contributed by atoms with Crippen LogP contribution in [0.2, 0.25) is 0 Å². The van der Waals surface area contributed by atoms with E-state index in [1.165, 1.54) is 6.20 Å². The summed E-state index contributed by atoms with van der Waals surface area (Å²) in [5.41, 5.74) is 1.97. The number of hydrogen-bond acceptors (Lipinski definition) is 4. The van der Waals surface area contributed by atoms with Gasteiger partial charge in [-0.05, 0) is 30.7 Å². The first-order chi connectivity index (χ1) is 10.1. The van der Waals surface area contributed by atoms with Gasteiger partial charge in [0.1, 0.15) is 12.3 Å². The van der Waals surface area contributed by atoms with Crippen LogP contribution in [-0.4, -0.2) is 27.6 Å². The van der Waals surface area contributed by atoms with Crippen LogP contribution in [0, 0.1) is 18.8 Å². The largest absolute Gasteiger partial charge is 0.384 e. The highest BCUT2D eigenvalue weighted by Gasteiger charge is 2.09. The molecule has 1 aromatic heterocycles. The molecule has 0 radical (unpaired) electrons. The van der Waals surface area contributed by atoms with E-state index in [0.29, 0.717) is 5.69 Å². The maximum atomic E-state index is 12.0. The number of aryl methyl sites for hydroxylation is 1. The number of aliphatic hydroxyl groups excluding tert-OH is 1. The molecule has 1 amide bonds. The first kappa shape index (κ1) is 14.5.